The van der Waals surface area contributed by atoms with Crippen molar-refractivity contribution in [1.29, 1.82) is 0 Å². The van der Waals surface area contributed by atoms with Crippen LogP contribution in [0.15, 0.2) is 36.7 Å². The molecule has 0 atom stereocenters. The van der Waals surface area contributed by atoms with Gasteiger partial charge in [-0.3, -0.25) is 9.48 Å². The Labute approximate surface area is 203 Å². The lowest BCUT2D eigenvalue weighted by atomic mass is 10.0. The first-order valence-electron chi connectivity index (χ1n) is 11.6. The van der Waals surface area contributed by atoms with Gasteiger partial charge in [-0.05, 0) is 51.5 Å². The maximum Gasteiger partial charge on any atom is 0.310 e. The monoisotopic (exact) mass is 476 g/mol. The molecule has 35 heavy (non-hydrogen) atoms. The molecule has 0 aliphatic carbocycles. The molecule has 0 saturated carbocycles. The van der Waals surface area contributed by atoms with Crippen LogP contribution in [0.3, 0.4) is 0 Å². The van der Waals surface area contributed by atoms with Gasteiger partial charge in [0.05, 0.1) is 35.8 Å². The second-order valence-corrected chi connectivity index (χ2v) is 8.35. The lowest BCUT2D eigenvalue weighted by Gasteiger charge is -2.07. The van der Waals surface area contributed by atoms with Gasteiger partial charge >= 0.3 is 5.97 Å². The van der Waals surface area contributed by atoms with Crippen molar-refractivity contribution >= 4 is 5.97 Å². The first-order valence-corrected chi connectivity index (χ1v) is 11.6. The predicted molar refractivity (Wildman–Crippen MR) is 130 cm³/mol. The number of nitrogens with zero attached hydrogens (tertiary/aromatic N) is 6. The molecule has 0 fully saturated rings. The van der Waals surface area contributed by atoms with Gasteiger partial charge in [-0.2, -0.15) is 10.2 Å². The zero-order valence-corrected chi connectivity index (χ0v) is 20.7. The third-order valence-electron chi connectivity index (χ3n) is 6.04. The molecule has 4 rings (SSSR count). The van der Waals surface area contributed by atoms with Crippen molar-refractivity contribution in [2.45, 2.75) is 47.0 Å². The number of ether oxygens (including phenoxy) is 1. The summed E-state index contributed by atoms with van der Waals surface area (Å²) >= 11 is 0. The number of aromatic nitrogens is 6. The minimum Gasteiger partial charge on any atom is -0.466 e. The Bertz CT molecular complexity index is 1360. The second-order valence-electron chi connectivity index (χ2n) is 8.35. The molecular formula is C26H29FN6O2. The third kappa shape index (κ3) is 4.99. The highest BCUT2D eigenvalue weighted by Gasteiger charge is 2.20. The van der Waals surface area contributed by atoms with Gasteiger partial charge in [0.1, 0.15) is 12.1 Å². The lowest BCUT2D eigenvalue weighted by Crippen LogP contribution is -2.09. The maximum absolute atomic E-state index is 13.4. The van der Waals surface area contributed by atoms with E-state index in [1.165, 1.54) is 18.5 Å². The molecule has 9 heteroatoms. The van der Waals surface area contributed by atoms with Crippen molar-refractivity contribution in [2.24, 2.45) is 7.05 Å². The molecule has 8 nitrogen and oxygen atoms in total. The van der Waals surface area contributed by atoms with Gasteiger partial charge in [0, 0.05) is 41.9 Å². The summed E-state index contributed by atoms with van der Waals surface area (Å²) in [6.45, 7) is 8.01. The molecule has 0 amide bonds. The van der Waals surface area contributed by atoms with E-state index in [9.17, 15) is 9.18 Å². The number of hydrogen-bond donors (Lipinski definition) is 0. The van der Waals surface area contributed by atoms with Crippen LogP contribution in [-0.2, 0) is 35.8 Å². The Morgan fingerprint density at radius 2 is 1.80 bits per heavy atom. The number of rotatable bonds is 8. The molecule has 3 heterocycles. The normalized spacial score (nSPS) is 11.1. The van der Waals surface area contributed by atoms with Gasteiger partial charge in [-0.25, -0.2) is 19.0 Å². The summed E-state index contributed by atoms with van der Waals surface area (Å²) in [5.41, 5.74) is 7.14. The van der Waals surface area contributed by atoms with Crippen LogP contribution in [-0.4, -0.2) is 42.1 Å². The van der Waals surface area contributed by atoms with Crippen LogP contribution in [0.5, 0.6) is 0 Å². The first-order chi connectivity index (χ1) is 16.8. The lowest BCUT2D eigenvalue weighted by molar-refractivity contribution is -0.142. The Balaban J connectivity index is 1.65. The molecule has 0 radical (unpaired) electrons. The number of hydrogen-bond acceptors (Lipinski definition) is 6. The van der Waals surface area contributed by atoms with Crippen molar-refractivity contribution in [3.05, 3.63) is 76.4 Å². The number of aryl methyl sites for hydroxylation is 2. The zero-order valence-electron chi connectivity index (χ0n) is 20.7. The van der Waals surface area contributed by atoms with Gasteiger partial charge < -0.3 is 4.74 Å². The van der Waals surface area contributed by atoms with Gasteiger partial charge in [0.15, 0.2) is 5.82 Å². The molecule has 0 N–H and O–H groups in total. The minimum atomic E-state index is -0.277. The highest BCUT2D eigenvalue weighted by Crippen LogP contribution is 2.28. The summed E-state index contributed by atoms with van der Waals surface area (Å²) in [7, 11) is 1.90. The van der Waals surface area contributed by atoms with E-state index in [1.54, 1.807) is 23.7 Å². The predicted octanol–water partition coefficient (Wildman–Crippen LogP) is 4.08. The fraction of sp³-hybridized carbons (Fsp3) is 0.346. The molecule has 0 aliphatic heterocycles. The van der Waals surface area contributed by atoms with E-state index >= 15 is 0 Å². The van der Waals surface area contributed by atoms with E-state index in [0.717, 1.165) is 51.6 Å². The molecule has 3 aromatic heterocycles. The number of esters is 1. The Morgan fingerprint density at radius 1 is 1.06 bits per heavy atom. The van der Waals surface area contributed by atoms with Crippen molar-refractivity contribution < 1.29 is 13.9 Å². The van der Waals surface area contributed by atoms with Crippen LogP contribution in [0.25, 0.3) is 17.1 Å². The Hall–Kier alpha value is -3.88. The van der Waals surface area contributed by atoms with E-state index in [2.05, 4.69) is 22.0 Å². The fourth-order valence-electron chi connectivity index (χ4n) is 4.39. The summed E-state index contributed by atoms with van der Waals surface area (Å²) in [5, 5.41) is 9.36. The molecule has 4 aromatic rings. The van der Waals surface area contributed by atoms with Gasteiger partial charge in [-0.1, -0.05) is 6.92 Å². The number of halogens is 1. The van der Waals surface area contributed by atoms with Gasteiger partial charge in [0.2, 0.25) is 0 Å². The number of carbonyl (C=O) groups excluding carboxylic acids is 1. The Morgan fingerprint density at radius 3 is 2.49 bits per heavy atom. The van der Waals surface area contributed by atoms with E-state index in [4.69, 9.17) is 9.84 Å². The molecular weight excluding hydrogens is 447 g/mol. The van der Waals surface area contributed by atoms with E-state index in [0.29, 0.717) is 18.8 Å². The number of benzene rings is 1. The summed E-state index contributed by atoms with van der Waals surface area (Å²) in [5.74, 6) is 0.0801. The second kappa shape index (κ2) is 10.2. The molecule has 0 saturated heterocycles. The zero-order chi connectivity index (χ0) is 25.1. The van der Waals surface area contributed by atoms with Gasteiger partial charge in [0.25, 0.3) is 0 Å². The van der Waals surface area contributed by atoms with E-state index in [1.807, 2.05) is 31.6 Å². The van der Waals surface area contributed by atoms with Crippen LogP contribution < -0.4 is 0 Å². The smallest absolute Gasteiger partial charge is 0.310 e. The molecule has 182 valence electrons. The quantitative estimate of drug-likeness (QED) is 0.356. The first kappa shape index (κ1) is 24.3. The highest BCUT2D eigenvalue weighted by atomic mass is 19.1. The van der Waals surface area contributed by atoms with Crippen LogP contribution >= 0.6 is 0 Å². The van der Waals surface area contributed by atoms with Crippen LogP contribution in [0.2, 0.25) is 0 Å². The van der Waals surface area contributed by atoms with Crippen molar-refractivity contribution in [3.63, 3.8) is 0 Å². The Kier molecular flexibility index (Phi) is 7.04. The summed E-state index contributed by atoms with van der Waals surface area (Å²) in [4.78, 5) is 20.9. The van der Waals surface area contributed by atoms with Crippen molar-refractivity contribution in [1.82, 2.24) is 29.5 Å². The largest absolute Gasteiger partial charge is 0.466 e. The average molecular weight is 477 g/mol. The fourth-order valence-corrected chi connectivity index (χ4v) is 4.39. The minimum absolute atomic E-state index is 0.170. The van der Waals surface area contributed by atoms with Crippen molar-refractivity contribution in [2.75, 3.05) is 6.61 Å². The summed E-state index contributed by atoms with van der Waals surface area (Å²) in [6, 6.07) is 8.36. The van der Waals surface area contributed by atoms with E-state index < -0.39 is 0 Å². The molecule has 0 spiro atoms. The standard InChI is InChI=1S/C26H29FN6O2/c1-6-21-23(31-32(5)26(21)18-8-10-19(27)11-9-18)12-20-13-24(29-15-28-20)33-17(4)22(16(3)30-33)14-25(34)35-7-2/h8-11,13,15H,6-7,12,14H2,1-5H3. The molecule has 0 unspecified atom stereocenters. The van der Waals surface area contributed by atoms with Crippen molar-refractivity contribution in [3.8, 4) is 17.1 Å². The number of carbonyl (C=O) groups is 1. The topological polar surface area (TPSA) is 87.7 Å². The third-order valence-corrected chi connectivity index (χ3v) is 6.04. The van der Waals surface area contributed by atoms with Crippen LogP contribution in [0.1, 0.15) is 47.8 Å². The molecule has 0 aliphatic rings. The average Bonchev–Trinajstić information content (AvgIpc) is 3.30. The molecule has 1 aromatic carbocycles. The van der Waals surface area contributed by atoms with Crippen LogP contribution in [0.4, 0.5) is 4.39 Å². The summed E-state index contributed by atoms with van der Waals surface area (Å²) in [6.07, 6.45) is 2.98. The SMILES string of the molecule is CCOC(=O)Cc1c(C)nn(-c2cc(Cc3nn(C)c(-c4ccc(F)cc4)c3CC)ncn2)c1C. The summed E-state index contributed by atoms with van der Waals surface area (Å²) < 4.78 is 22.1. The highest BCUT2D eigenvalue weighted by molar-refractivity contribution is 5.73. The van der Waals surface area contributed by atoms with Crippen LogP contribution in [0, 0.1) is 19.7 Å². The van der Waals surface area contributed by atoms with E-state index in [-0.39, 0.29) is 18.2 Å². The van der Waals surface area contributed by atoms with Gasteiger partial charge in [-0.15, -0.1) is 0 Å². The molecule has 0 bridgehead atoms. The maximum atomic E-state index is 13.4.